The molecular weight excluding hydrogens is 416 g/mol. The van der Waals surface area contributed by atoms with E-state index in [2.05, 4.69) is 11.6 Å². The summed E-state index contributed by atoms with van der Waals surface area (Å²) in [6.45, 7) is 3.73. The molecule has 0 atom stereocenters. The molecule has 0 aliphatic carbocycles. The molecule has 31 heavy (non-hydrogen) atoms. The first-order valence-electron chi connectivity index (χ1n) is 10.6. The van der Waals surface area contributed by atoms with Crippen LogP contribution >= 0.6 is 0 Å². The SMILES string of the molecule is CCc1ccc(OCCNS(=O)(=O)c2ccc(OC)c(C(=O)N3CCCCC3)c2)cc1. The Morgan fingerprint density at radius 1 is 1.06 bits per heavy atom. The molecule has 1 N–H and O–H groups in total. The Kier molecular flexibility index (Phi) is 7.92. The van der Waals surface area contributed by atoms with Crippen molar-refractivity contribution in [3.63, 3.8) is 0 Å². The van der Waals surface area contributed by atoms with Gasteiger partial charge < -0.3 is 14.4 Å². The number of likely N-dealkylation sites (tertiary alicyclic amines) is 1. The maximum absolute atomic E-state index is 12.9. The van der Waals surface area contributed by atoms with Gasteiger partial charge in [0, 0.05) is 19.6 Å². The van der Waals surface area contributed by atoms with Crippen LogP contribution < -0.4 is 14.2 Å². The zero-order valence-electron chi connectivity index (χ0n) is 18.1. The van der Waals surface area contributed by atoms with Gasteiger partial charge in [-0.15, -0.1) is 0 Å². The van der Waals surface area contributed by atoms with Crippen LogP contribution in [0.15, 0.2) is 47.4 Å². The Morgan fingerprint density at radius 3 is 2.42 bits per heavy atom. The van der Waals surface area contributed by atoms with E-state index < -0.39 is 10.0 Å². The van der Waals surface area contributed by atoms with Crippen molar-refractivity contribution in [3.8, 4) is 11.5 Å². The molecule has 1 aliphatic rings. The molecule has 0 spiro atoms. The number of methoxy groups -OCH3 is 1. The fourth-order valence-electron chi connectivity index (χ4n) is 3.54. The van der Waals surface area contributed by atoms with E-state index in [-0.39, 0.29) is 29.5 Å². The Bertz CT molecular complexity index is 984. The van der Waals surface area contributed by atoms with Crippen LogP contribution in [-0.4, -0.2) is 52.6 Å². The molecule has 0 saturated carbocycles. The molecule has 1 amide bonds. The van der Waals surface area contributed by atoms with E-state index in [1.165, 1.54) is 30.9 Å². The number of nitrogens with one attached hydrogen (secondary N) is 1. The number of hydrogen-bond acceptors (Lipinski definition) is 5. The molecule has 2 aromatic carbocycles. The van der Waals surface area contributed by atoms with E-state index in [1.54, 1.807) is 4.90 Å². The largest absolute Gasteiger partial charge is 0.496 e. The van der Waals surface area contributed by atoms with Crippen molar-refractivity contribution < 1.29 is 22.7 Å². The highest BCUT2D eigenvalue weighted by molar-refractivity contribution is 7.89. The molecule has 1 aliphatic heterocycles. The Hall–Kier alpha value is -2.58. The molecule has 0 bridgehead atoms. The molecule has 7 nitrogen and oxygen atoms in total. The molecular formula is C23H30N2O5S. The monoisotopic (exact) mass is 446 g/mol. The maximum atomic E-state index is 12.9. The number of carbonyl (C=O) groups is 1. The average Bonchev–Trinajstić information content (AvgIpc) is 2.82. The third kappa shape index (κ3) is 5.98. The number of amides is 1. The van der Waals surface area contributed by atoms with E-state index in [0.717, 1.165) is 25.7 Å². The van der Waals surface area contributed by atoms with Gasteiger partial charge in [0.25, 0.3) is 5.91 Å². The summed E-state index contributed by atoms with van der Waals surface area (Å²) < 4.78 is 38.9. The number of hydrogen-bond donors (Lipinski definition) is 1. The highest BCUT2D eigenvalue weighted by atomic mass is 32.2. The summed E-state index contributed by atoms with van der Waals surface area (Å²) in [6.07, 6.45) is 3.96. The van der Waals surface area contributed by atoms with Gasteiger partial charge in [-0.05, 0) is 61.6 Å². The van der Waals surface area contributed by atoms with Crippen molar-refractivity contribution in [1.29, 1.82) is 0 Å². The van der Waals surface area contributed by atoms with Gasteiger partial charge in [0.15, 0.2) is 0 Å². The van der Waals surface area contributed by atoms with Gasteiger partial charge in [-0.3, -0.25) is 4.79 Å². The number of aryl methyl sites for hydroxylation is 1. The second kappa shape index (κ2) is 10.6. The van der Waals surface area contributed by atoms with Gasteiger partial charge in [0.2, 0.25) is 10.0 Å². The van der Waals surface area contributed by atoms with Crippen LogP contribution in [0.1, 0.15) is 42.1 Å². The van der Waals surface area contributed by atoms with Gasteiger partial charge in [0.05, 0.1) is 17.6 Å². The summed E-state index contributed by atoms with van der Waals surface area (Å²) in [6, 6.07) is 12.1. The molecule has 168 valence electrons. The highest BCUT2D eigenvalue weighted by Crippen LogP contribution is 2.25. The van der Waals surface area contributed by atoms with Gasteiger partial charge in [0.1, 0.15) is 18.1 Å². The molecule has 8 heteroatoms. The number of rotatable bonds is 9. The minimum Gasteiger partial charge on any atom is -0.496 e. The number of nitrogens with zero attached hydrogens (tertiary/aromatic N) is 1. The smallest absolute Gasteiger partial charge is 0.257 e. The summed E-state index contributed by atoms with van der Waals surface area (Å²) in [7, 11) is -2.32. The third-order valence-corrected chi connectivity index (χ3v) is 6.81. The fraction of sp³-hybridized carbons (Fsp3) is 0.435. The third-order valence-electron chi connectivity index (χ3n) is 5.35. The lowest BCUT2D eigenvalue weighted by Crippen LogP contribution is -2.36. The van der Waals surface area contributed by atoms with Crippen LogP contribution in [-0.2, 0) is 16.4 Å². The van der Waals surface area contributed by atoms with Crippen molar-refractivity contribution >= 4 is 15.9 Å². The lowest BCUT2D eigenvalue weighted by Gasteiger charge is -2.27. The Morgan fingerprint density at radius 2 is 1.77 bits per heavy atom. The van der Waals surface area contributed by atoms with E-state index in [0.29, 0.717) is 24.6 Å². The molecule has 1 heterocycles. The zero-order chi connectivity index (χ0) is 22.3. The second-order valence-corrected chi connectivity index (χ2v) is 9.23. The van der Waals surface area contributed by atoms with E-state index >= 15 is 0 Å². The normalized spacial score (nSPS) is 14.3. The summed E-state index contributed by atoms with van der Waals surface area (Å²) >= 11 is 0. The molecule has 1 fully saturated rings. The number of ether oxygens (including phenoxy) is 2. The maximum Gasteiger partial charge on any atom is 0.257 e. The van der Waals surface area contributed by atoms with Gasteiger partial charge in [-0.25, -0.2) is 13.1 Å². The van der Waals surface area contributed by atoms with Crippen LogP contribution in [0.3, 0.4) is 0 Å². The molecule has 3 rings (SSSR count). The summed E-state index contributed by atoms with van der Waals surface area (Å²) in [5, 5.41) is 0. The average molecular weight is 447 g/mol. The van der Waals surface area contributed by atoms with E-state index in [9.17, 15) is 13.2 Å². The first kappa shape index (κ1) is 23.1. The van der Waals surface area contributed by atoms with Gasteiger partial charge >= 0.3 is 0 Å². The minimum absolute atomic E-state index is 0.0287. The summed E-state index contributed by atoms with van der Waals surface area (Å²) in [5.74, 6) is 0.858. The molecule has 1 saturated heterocycles. The van der Waals surface area contributed by atoms with Crippen LogP contribution in [0.4, 0.5) is 0 Å². The summed E-state index contributed by atoms with van der Waals surface area (Å²) in [4.78, 5) is 14.7. The molecule has 2 aromatic rings. The van der Waals surface area contributed by atoms with Crippen molar-refractivity contribution in [2.45, 2.75) is 37.5 Å². The van der Waals surface area contributed by atoms with E-state index in [4.69, 9.17) is 9.47 Å². The minimum atomic E-state index is -3.79. The summed E-state index contributed by atoms with van der Waals surface area (Å²) in [5.41, 5.74) is 1.47. The second-order valence-electron chi connectivity index (χ2n) is 7.46. The fourth-order valence-corrected chi connectivity index (χ4v) is 4.58. The number of sulfonamides is 1. The van der Waals surface area contributed by atoms with Crippen molar-refractivity contribution in [2.75, 3.05) is 33.4 Å². The standard InChI is InChI=1S/C23H30N2O5S/c1-3-18-7-9-19(10-8-18)30-16-13-24-31(27,28)20-11-12-22(29-2)21(17-20)23(26)25-14-5-4-6-15-25/h7-12,17,24H,3-6,13-16H2,1-2H3. The number of benzene rings is 2. The predicted octanol–water partition coefficient (Wildman–Crippen LogP) is 3.24. The van der Waals surface area contributed by atoms with Crippen LogP contribution in [0.5, 0.6) is 11.5 Å². The van der Waals surface area contributed by atoms with E-state index in [1.807, 2.05) is 24.3 Å². The van der Waals surface area contributed by atoms with Crippen molar-refractivity contribution in [2.24, 2.45) is 0 Å². The van der Waals surface area contributed by atoms with Crippen molar-refractivity contribution in [3.05, 3.63) is 53.6 Å². The van der Waals surface area contributed by atoms with Gasteiger partial charge in [-0.2, -0.15) is 0 Å². The predicted molar refractivity (Wildman–Crippen MR) is 119 cm³/mol. The first-order valence-corrected chi connectivity index (χ1v) is 12.1. The lowest BCUT2D eigenvalue weighted by atomic mass is 10.1. The zero-order valence-corrected chi connectivity index (χ0v) is 18.9. The quantitative estimate of drug-likeness (QED) is 0.598. The highest BCUT2D eigenvalue weighted by Gasteiger charge is 2.24. The first-order chi connectivity index (χ1) is 14.9. The number of piperidine rings is 1. The lowest BCUT2D eigenvalue weighted by molar-refractivity contribution is 0.0720. The topological polar surface area (TPSA) is 84.9 Å². The molecule has 0 aromatic heterocycles. The number of carbonyl (C=O) groups excluding carboxylic acids is 1. The van der Waals surface area contributed by atoms with Gasteiger partial charge in [-0.1, -0.05) is 19.1 Å². The molecule has 0 unspecified atom stereocenters. The Balaban J connectivity index is 1.64. The van der Waals surface area contributed by atoms with Crippen molar-refractivity contribution in [1.82, 2.24) is 9.62 Å². The molecule has 0 radical (unpaired) electrons. The van der Waals surface area contributed by atoms with Crippen LogP contribution in [0, 0.1) is 0 Å². The van der Waals surface area contributed by atoms with Crippen LogP contribution in [0.25, 0.3) is 0 Å². The van der Waals surface area contributed by atoms with Crippen LogP contribution in [0.2, 0.25) is 0 Å². The Labute approximate surface area is 184 Å².